The van der Waals surface area contributed by atoms with E-state index in [0.29, 0.717) is 22.7 Å². The van der Waals surface area contributed by atoms with Crippen molar-refractivity contribution in [3.63, 3.8) is 0 Å². The molecular weight excluding hydrogens is 430 g/mol. The summed E-state index contributed by atoms with van der Waals surface area (Å²) in [6.45, 7) is 1.75. The molecule has 0 atom stereocenters. The van der Waals surface area contributed by atoms with Gasteiger partial charge in [0.1, 0.15) is 23.3 Å². The predicted octanol–water partition coefficient (Wildman–Crippen LogP) is 2.53. The summed E-state index contributed by atoms with van der Waals surface area (Å²) < 4.78 is 8.39. The summed E-state index contributed by atoms with van der Waals surface area (Å²) in [6, 6.07) is 6.97. The third-order valence-electron chi connectivity index (χ3n) is 5.51. The lowest BCUT2D eigenvalue weighted by atomic mass is 10.2. The lowest BCUT2D eigenvalue weighted by Crippen LogP contribution is -2.28. The van der Waals surface area contributed by atoms with Gasteiger partial charge in [0.2, 0.25) is 5.91 Å². The number of nitrogens with one attached hydrogen (secondary N) is 1. The Morgan fingerprint density at radius 2 is 1.91 bits per heavy atom. The van der Waals surface area contributed by atoms with Crippen LogP contribution in [0.3, 0.4) is 0 Å². The van der Waals surface area contributed by atoms with E-state index in [9.17, 15) is 9.59 Å². The van der Waals surface area contributed by atoms with Gasteiger partial charge < -0.3 is 15.0 Å². The molecule has 1 saturated heterocycles. The Balaban J connectivity index is 1.41. The first-order valence-corrected chi connectivity index (χ1v) is 11.4. The maximum atomic E-state index is 12.8. The fraction of sp³-hybridized carbons (Fsp3) is 0.381. The molecule has 0 spiro atoms. The molecule has 1 aliphatic rings. The van der Waals surface area contributed by atoms with Crippen molar-refractivity contribution in [2.24, 2.45) is 0 Å². The van der Waals surface area contributed by atoms with Crippen LogP contribution in [-0.2, 0) is 11.3 Å². The Labute approximate surface area is 187 Å². The number of anilines is 2. The number of ether oxygens (including phenoxy) is 1. The number of fused-ring (bicyclic) bond motifs is 3. The second-order valence-corrected chi connectivity index (χ2v) is 8.68. The molecule has 1 fully saturated rings. The molecule has 0 radical (unpaired) electrons. The topological polar surface area (TPSA) is 107 Å². The van der Waals surface area contributed by atoms with Crippen molar-refractivity contribution in [2.75, 3.05) is 30.4 Å². The van der Waals surface area contributed by atoms with Crippen molar-refractivity contribution in [1.82, 2.24) is 24.1 Å². The predicted molar refractivity (Wildman–Crippen MR) is 123 cm³/mol. The molecule has 0 unspecified atom stereocenters. The molecule has 0 bridgehead atoms. The average Bonchev–Trinajstić information content (AvgIpc) is 3.24. The summed E-state index contributed by atoms with van der Waals surface area (Å²) in [4.78, 5) is 36.6. The van der Waals surface area contributed by atoms with Gasteiger partial charge in [0.05, 0.1) is 7.11 Å². The van der Waals surface area contributed by atoms with Crippen LogP contribution in [0, 0.1) is 0 Å². The van der Waals surface area contributed by atoms with Crippen LogP contribution in [0.4, 0.5) is 10.8 Å². The van der Waals surface area contributed by atoms with Crippen LogP contribution < -0.4 is 20.6 Å². The molecule has 0 saturated carbocycles. The normalized spacial score (nSPS) is 14.6. The van der Waals surface area contributed by atoms with E-state index >= 15 is 0 Å². The minimum absolute atomic E-state index is 0.203. The standard InChI is InChI=1S/C21H23N7O3S/c1-31-15-8-6-14(7-9-15)23-16(29)12-28-21(30)27-13-22-18-17(19(27)25-28)32-20(24-18)26-10-4-2-3-5-11-26/h6-9,13H,2-5,10-12H2,1H3,(H,23,29). The average molecular weight is 454 g/mol. The van der Waals surface area contributed by atoms with Gasteiger partial charge in [-0.1, -0.05) is 24.2 Å². The van der Waals surface area contributed by atoms with Crippen molar-refractivity contribution >= 4 is 44.1 Å². The molecule has 4 aromatic rings. The fourth-order valence-corrected chi connectivity index (χ4v) is 4.88. The first kappa shape index (κ1) is 20.4. The monoisotopic (exact) mass is 453 g/mol. The maximum Gasteiger partial charge on any atom is 0.352 e. The SMILES string of the molecule is COc1ccc(NC(=O)Cn2nc3c4sc(N5CCCCCC5)nc4ncn3c2=O)cc1. The molecule has 0 aliphatic carbocycles. The summed E-state index contributed by atoms with van der Waals surface area (Å²) in [7, 11) is 1.58. The van der Waals surface area contributed by atoms with Gasteiger partial charge >= 0.3 is 5.69 Å². The van der Waals surface area contributed by atoms with Crippen molar-refractivity contribution < 1.29 is 9.53 Å². The van der Waals surface area contributed by atoms with Gasteiger partial charge in [0.25, 0.3) is 0 Å². The van der Waals surface area contributed by atoms with Gasteiger partial charge in [0, 0.05) is 18.8 Å². The number of rotatable bonds is 5. The minimum atomic E-state index is -0.413. The Hall–Kier alpha value is -3.47. The van der Waals surface area contributed by atoms with Gasteiger partial charge in [-0.05, 0) is 37.1 Å². The van der Waals surface area contributed by atoms with Gasteiger partial charge in [-0.25, -0.2) is 18.9 Å². The molecule has 1 aliphatic heterocycles. The number of hydrogen-bond donors (Lipinski definition) is 1. The van der Waals surface area contributed by atoms with E-state index in [2.05, 4.69) is 25.3 Å². The van der Waals surface area contributed by atoms with E-state index in [-0.39, 0.29) is 12.5 Å². The third kappa shape index (κ3) is 3.91. The highest BCUT2D eigenvalue weighted by Crippen LogP contribution is 2.31. The zero-order valence-corrected chi connectivity index (χ0v) is 18.5. The number of hydrogen-bond acceptors (Lipinski definition) is 8. The van der Waals surface area contributed by atoms with E-state index in [1.165, 1.54) is 34.9 Å². The summed E-state index contributed by atoms with van der Waals surface area (Å²) in [5.41, 5.74) is 1.24. The van der Waals surface area contributed by atoms with E-state index in [0.717, 1.165) is 40.4 Å². The van der Waals surface area contributed by atoms with Crippen molar-refractivity contribution in [1.29, 1.82) is 0 Å². The van der Waals surface area contributed by atoms with Crippen molar-refractivity contribution in [3.8, 4) is 5.75 Å². The molecule has 32 heavy (non-hydrogen) atoms. The highest BCUT2D eigenvalue weighted by Gasteiger charge is 2.19. The fourth-order valence-electron chi connectivity index (χ4n) is 3.84. The summed E-state index contributed by atoms with van der Waals surface area (Å²) >= 11 is 1.49. The van der Waals surface area contributed by atoms with Crippen LogP contribution >= 0.6 is 11.3 Å². The second kappa shape index (κ2) is 8.58. The molecule has 4 heterocycles. The molecular formula is C21H23N7O3S. The van der Waals surface area contributed by atoms with Crippen LogP contribution in [0.5, 0.6) is 5.75 Å². The van der Waals surface area contributed by atoms with Gasteiger partial charge in [-0.2, -0.15) is 4.98 Å². The largest absolute Gasteiger partial charge is 0.497 e. The van der Waals surface area contributed by atoms with E-state index in [4.69, 9.17) is 4.74 Å². The van der Waals surface area contributed by atoms with Gasteiger partial charge in [0.15, 0.2) is 16.4 Å². The lowest BCUT2D eigenvalue weighted by molar-refractivity contribution is -0.117. The highest BCUT2D eigenvalue weighted by molar-refractivity contribution is 7.22. The van der Waals surface area contributed by atoms with Crippen LogP contribution in [0.2, 0.25) is 0 Å². The van der Waals surface area contributed by atoms with Crippen molar-refractivity contribution in [3.05, 3.63) is 41.1 Å². The lowest BCUT2D eigenvalue weighted by Gasteiger charge is -2.18. The smallest absolute Gasteiger partial charge is 0.352 e. The number of methoxy groups -OCH3 is 1. The van der Waals surface area contributed by atoms with E-state index < -0.39 is 5.69 Å². The number of benzene rings is 1. The number of aromatic nitrogens is 5. The first-order valence-electron chi connectivity index (χ1n) is 10.6. The molecule has 1 aromatic carbocycles. The maximum absolute atomic E-state index is 12.8. The van der Waals surface area contributed by atoms with Gasteiger partial charge in [-0.15, -0.1) is 5.10 Å². The van der Waals surface area contributed by atoms with Crippen LogP contribution in [0.1, 0.15) is 25.7 Å². The number of thiazole rings is 1. The highest BCUT2D eigenvalue weighted by atomic mass is 32.1. The number of amides is 1. The number of carbonyl (C=O) groups is 1. The minimum Gasteiger partial charge on any atom is -0.497 e. The number of nitrogens with zero attached hydrogens (tertiary/aromatic N) is 6. The van der Waals surface area contributed by atoms with Crippen LogP contribution in [0.15, 0.2) is 35.4 Å². The van der Waals surface area contributed by atoms with E-state index in [1.54, 1.807) is 31.4 Å². The Bertz CT molecular complexity index is 1320. The molecule has 1 amide bonds. The van der Waals surface area contributed by atoms with Crippen LogP contribution in [-0.4, -0.2) is 50.3 Å². The summed E-state index contributed by atoms with van der Waals surface area (Å²) in [6.07, 6.45) is 6.20. The van der Waals surface area contributed by atoms with Crippen molar-refractivity contribution in [2.45, 2.75) is 32.2 Å². The Morgan fingerprint density at radius 1 is 1.16 bits per heavy atom. The van der Waals surface area contributed by atoms with Crippen LogP contribution in [0.25, 0.3) is 16.0 Å². The van der Waals surface area contributed by atoms with Gasteiger partial charge in [-0.3, -0.25) is 4.79 Å². The Morgan fingerprint density at radius 3 is 2.62 bits per heavy atom. The Kier molecular flexibility index (Phi) is 5.48. The molecule has 3 aromatic heterocycles. The zero-order valence-electron chi connectivity index (χ0n) is 17.7. The molecule has 1 N–H and O–H groups in total. The molecule has 5 rings (SSSR count). The molecule has 10 nitrogen and oxygen atoms in total. The summed E-state index contributed by atoms with van der Waals surface area (Å²) in [5.74, 6) is 0.347. The van der Waals surface area contributed by atoms with E-state index in [1.807, 2.05) is 0 Å². The number of carbonyl (C=O) groups excluding carboxylic acids is 1. The summed E-state index contributed by atoms with van der Waals surface area (Å²) in [5, 5.41) is 8.10. The quantitative estimate of drug-likeness (QED) is 0.495. The zero-order chi connectivity index (χ0) is 22.1. The molecule has 166 valence electrons. The second-order valence-electron chi connectivity index (χ2n) is 7.71. The third-order valence-corrected chi connectivity index (χ3v) is 6.61. The molecule has 11 heteroatoms. The first-order chi connectivity index (χ1) is 15.6.